The lowest BCUT2D eigenvalue weighted by atomic mass is 10.1. The van der Waals surface area contributed by atoms with E-state index in [4.69, 9.17) is 16.0 Å². The zero-order valence-corrected chi connectivity index (χ0v) is 12.9. The number of esters is 1. The van der Waals surface area contributed by atoms with Gasteiger partial charge in [-0.2, -0.15) is 4.98 Å². The number of nitrogens with zero attached hydrogens (tertiary/aromatic N) is 1. The zero-order chi connectivity index (χ0) is 16.4. The van der Waals surface area contributed by atoms with Gasteiger partial charge in [0.15, 0.2) is 11.4 Å². The highest BCUT2D eigenvalue weighted by Gasteiger charge is 2.16. The Morgan fingerprint density at radius 1 is 1.30 bits per heavy atom. The second kappa shape index (κ2) is 6.26. The summed E-state index contributed by atoms with van der Waals surface area (Å²) in [6, 6.07) is 10.1. The van der Waals surface area contributed by atoms with Gasteiger partial charge in [-0.05, 0) is 30.3 Å². The monoisotopic (exact) mass is 334 g/mol. The number of methoxy groups -OCH3 is 1. The largest absolute Gasteiger partial charge is 0.469 e. The van der Waals surface area contributed by atoms with Crippen LogP contribution in [0.1, 0.15) is 5.56 Å². The molecule has 0 saturated carbocycles. The highest BCUT2D eigenvalue weighted by molar-refractivity contribution is 6.30. The van der Waals surface area contributed by atoms with E-state index in [-0.39, 0.29) is 23.6 Å². The van der Waals surface area contributed by atoms with E-state index in [9.17, 15) is 9.18 Å². The average Bonchev–Trinajstić information content (AvgIpc) is 2.95. The molecule has 0 aliphatic carbocycles. The van der Waals surface area contributed by atoms with E-state index in [0.717, 1.165) is 0 Å². The third-order valence-corrected chi connectivity index (χ3v) is 3.49. The standard InChI is InChI=1S/C16H12ClFN2O3/c1-22-13(21)8-9-2-7-12-15(14(9)18)23-16(20-12)19-11-5-3-10(17)4-6-11/h2-7H,8H2,1H3,(H,19,20). The SMILES string of the molecule is COC(=O)Cc1ccc2nc(Nc3ccc(Cl)cc3)oc2c1F. The van der Waals surface area contributed by atoms with E-state index in [1.54, 1.807) is 30.3 Å². The number of carbonyl (C=O) groups is 1. The van der Waals surface area contributed by atoms with Gasteiger partial charge >= 0.3 is 5.97 Å². The summed E-state index contributed by atoms with van der Waals surface area (Å²) in [5.74, 6) is -1.15. The van der Waals surface area contributed by atoms with Crippen molar-refractivity contribution in [2.45, 2.75) is 6.42 Å². The van der Waals surface area contributed by atoms with Gasteiger partial charge in [-0.25, -0.2) is 4.39 Å². The quantitative estimate of drug-likeness (QED) is 0.728. The van der Waals surface area contributed by atoms with Crippen molar-refractivity contribution in [3.8, 4) is 0 Å². The number of aromatic nitrogens is 1. The van der Waals surface area contributed by atoms with E-state index >= 15 is 0 Å². The first-order chi connectivity index (χ1) is 11.1. The van der Waals surface area contributed by atoms with E-state index < -0.39 is 11.8 Å². The number of nitrogens with one attached hydrogen (secondary N) is 1. The Labute approximate surface area is 136 Å². The summed E-state index contributed by atoms with van der Waals surface area (Å²) in [4.78, 5) is 15.4. The minimum Gasteiger partial charge on any atom is -0.469 e. The summed E-state index contributed by atoms with van der Waals surface area (Å²) in [6.07, 6.45) is -0.168. The Kier molecular flexibility index (Phi) is 4.16. The van der Waals surface area contributed by atoms with Gasteiger partial charge in [0.25, 0.3) is 6.01 Å². The van der Waals surface area contributed by atoms with E-state index in [2.05, 4.69) is 15.0 Å². The summed E-state index contributed by atoms with van der Waals surface area (Å²) in [7, 11) is 1.25. The lowest BCUT2D eigenvalue weighted by Gasteiger charge is -2.01. The van der Waals surface area contributed by atoms with Crippen molar-refractivity contribution in [3.63, 3.8) is 0 Å². The normalized spacial score (nSPS) is 10.7. The Balaban J connectivity index is 1.90. The van der Waals surface area contributed by atoms with Gasteiger partial charge in [-0.15, -0.1) is 0 Å². The Morgan fingerprint density at radius 2 is 2.04 bits per heavy atom. The van der Waals surface area contributed by atoms with E-state index in [1.807, 2.05) is 0 Å². The third kappa shape index (κ3) is 3.27. The van der Waals surface area contributed by atoms with Crippen LogP contribution in [0.5, 0.6) is 0 Å². The maximum absolute atomic E-state index is 14.4. The van der Waals surface area contributed by atoms with E-state index in [1.165, 1.54) is 13.2 Å². The number of anilines is 2. The highest BCUT2D eigenvalue weighted by atomic mass is 35.5. The van der Waals surface area contributed by atoms with Crippen LogP contribution in [0.25, 0.3) is 11.1 Å². The van der Waals surface area contributed by atoms with Crippen molar-refractivity contribution in [1.29, 1.82) is 0 Å². The second-order valence-corrected chi connectivity index (χ2v) is 5.23. The second-order valence-electron chi connectivity index (χ2n) is 4.79. The van der Waals surface area contributed by atoms with Crippen molar-refractivity contribution in [2.24, 2.45) is 0 Å². The van der Waals surface area contributed by atoms with Crippen LogP contribution in [-0.2, 0) is 16.0 Å². The molecule has 2 aromatic carbocycles. The Morgan fingerprint density at radius 3 is 2.74 bits per heavy atom. The van der Waals surface area contributed by atoms with Crippen molar-refractivity contribution >= 4 is 40.4 Å². The first-order valence-electron chi connectivity index (χ1n) is 6.74. The molecule has 0 aliphatic rings. The molecule has 118 valence electrons. The molecule has 0 unspecified atom stereocenters. The molecule has 23 heavy (non-hydrogen) atoms. The number of carbonyl (C=O) groups excluding carboxylic acids is 1. The molecule has 1 aromatic heterocycles. The first-order valence-corrected chi connectivity index (χ1v) is 7.12. The lowest BCUT2D eigenvalue weighted by molar-refractivity contribution is -0.139. The number of hydrogen-bond acceptors (Lipinski definition) is 5. The molecule has 3 aromatic rings. The molecular formula is C16H12ClFN2O3. The molecule has 0 amide bonds. The number of halogens is 2. The topological polar surface area (TPSA) is 64.4 Å². The third-order valence-electron chi connectivity index (χ3n) is 3.23. The summed E-state index contributed by atoms with van der Waals surface area (Å²) < 4.78 is 24.3. The molecule has 1 heterocycles. The molecule has 0 spiro atoms. The van der Waals surface area contributed by atoms with Crippen molar-refractivity contribution < 1.29 is 18.3 Å². The molecule has 5 nitrogen and oxygen atoms in total. The van der Waals surface area contributed by atoms with Gasteiger partial charge in [0.2, 0.25) is 0 Å². The first kappa shape index (κ1) is 15.3. The van der Waals surface area contributed by atoms with Gasteiger partial charge in [-0.1, -0.05) is 17.7 Å². The molecule has 7 heteroatoms. The van der Waals surface area contributed by atoms with Gasteiger partial charge in [0, 0.05) is 16.3 Å². The van der Waals surface area contributed by atoms with Crippen LogP contribution in [0.15, 0.2) is 40.8 Å². The fourth-order valence-electron chi connectivity index (χ4n) is 2.08. The van der Waals surface area contributed by atoms with Crippen molar-refractivity contribution in [1.82, 2.24) is 4.98 Å². The summed E-state index contributed by atoms with van der Waals surface area (Å²) in [5.41, 5.74) is 1.24. The zero-order valence-electron chi connectivity index (χ0n) is 12.1. The van der Waals surface area contributed by atoms with Crippen LogP contribution in [0, 0.1) is 5.82 Å². The smallest absolute Gasteiger partial charge is 0.310 e. The lowest BCUT2D eigenvalue weighted by Crippen LogP contribution is -2.06. The molecular weight excluding hydrogens is 323 g/mol. The maximum atomic E-state index is 14.4. The summed E-state index contributed by atoms with van der Waals surface area (Å²) >= 11 is 5.82. The molecule has 3 rings (SSSR count). The molecule has 1 N–H and O–H groups in total. The minimum absolute atomic E-state index is 0.0112. The number of oxazole rings is 1. The van der Waals surface area contributed by atoms with Crippen LogP contribution < -0.4 is 5.32 Å². The highest BCUT2D eigenvalue weighted by Crippen LogP contribution is 2.27. The van der Waals surface area contributed by atoms with Crippen LogP contribution in [0.4, 0.5) is 16.1 Å². The van der Waals surface area contributed by atoms with Crippen LogP contribution in [0.3, 0.4) is 0 Å². The Bertz CT molecular complexity index is 862. The fourth-order valence-corrected chi connectivity index (χ4v) is 2.20. The number of ether oxygens (including phenoxy) is 1. The summed E-state index contributed by atoms with van der Waals surface area (Å²) in [6.45, 7) is 0. The predicted molar refractivity (Wildman–Crippen MR) is 84.4 cm³/mol. The number of benzene rings is 2. The van der Waals surface area contributed by atoms with Gasteiger partial charge in [0.05, 0.1) is 13.5 Å². The average molecular weight is 335 g/mol. The molecule has 0 fully saturated rings. The molecule has 0 atom stereocenters. The van der Waals surface area contributed by atoms with Crippen LogP contribution in [0.2, 0.25) is 5.02 Å². The van der Waals surface area contributed by atoms with Crippen LogP contribution >= 0.6 is 11.6 Å². The van der Waals surface area contributed by atoms with E-state index in [0.29, 0.717) is 16.2 Å². The minimum atomic E-state index is -0.621. The number of hydrogen-bond donors (Lipinski definition) is 1. The Hall–Kier alpha value is -2.60. The van der Waals surface area contributed by atoms with Crippen molar-refractivity contribution in [3.05, 3.63) is 52.8 Å². The fraction of sp³-hybridized carbons (Fsp3) is 0.125. The van der Waals surface area contributed by atoms with Crippen molar-refractivity contribution in [2.75, 3.05) is 12.4 Å². The maximum Gasteiger partial charge on any atom is 0.310 e. The predicted octanol–water partition coefficient (Wildman–Crippen LogP) is 4.08. The summed E-state index contributed by atoms with van der Waals surface area (Å²) in [5, 5.41) is 3.53. The molecule has 0 bridgehead atoms. The number of fused-ring (bicyclic) bond motifs is 1. The van der Waals surface area contributed by atoms with Gasteiger partial charge in [-0.3, -0.25) is 4.79 Å². The number of rotatable bonds is 4. The van der Waals surface area contributed by atoms with Crippen LogP contribution in [-0.4, -0.2) is 18.1 Å². The van der Waals surface area contributed by atoms with Gasteiger partial charge < -0.3 is 14.5 Å². The molecule has 0 aliphatic heterocycles. The molecule has 0 radical (unpaired) electrons. The molecule has 0 saturated heterocycles. The van der Waals surface area contributed by atoms with Gasteiger partial charge in [0.1, 0.15) is 5.52 Å².